The SMILES string of the molecule is CC1C2CC(C1C1C3CCC(C3)C1C1C(=O)OC(=O)C1C(C)(C)C(=O)OC1(C)C3CC4CC(C3)CC1C4)C1C2CCCC1(C)O. The van der Waals surface area contributed by atoms with Crippen molar-refractivity contribution in [1.82, 2.24) is 0 Å². The lowest BCUT2D eigenvalue weighted by Crippen LogP contribution is -2.59. The van der Waals surface area contributed by atoms with Gasteiger partial charge in [-0.25, -0.2) is 0 Å². The van der Waals surface area contributed by atoms with E-state index < -0.39 is 40.4 Å². The summed E-state index contributed by atoms with van der Waals surface area (Å²) in [5.41, 5.74) is -2.24. The molecule has 0 amide bonds. The van der Waals surface area contributed by atoms with E-state index in [9.17, 15) is 19.5 Å². The summed E-state index contributed by atoms with van der Waals surface area (Å²) in [5.74, 6) is 4.25. The molecule has 248 valence electrons. The summed E-state index contributed by atoms with van der Waals surface area (Å²) in [6.07, 6.45) is 13.8. The van der Waals surface area contributed by atoms with E-state index >= 15 is 0 Å². The van der Waals surface area contributed by atoms with Crippen molar-refractivity contribution in [2.45, 2.75) is 123 Å². The highest BCUT2D eigenvalue weighted by atomic mass is 16.6. The van der Waals surface area contributed by atoms with Crippen LogP contribution < -0.4 is 0 Å². The Morgan fingerprint density at radius 2 is 1.47 bits per heavy atom. The summed E-state index contributed by atoms with van der Waals surface area (Å²) >= 11 is 0. The van der Waals surface area contributed by atoms with Crippen LogP contribution in [0.15, 0.2) is 0 Å². The lowest BCUT2D eigenvalue weighted by atomic mass is 9.50. The van der Waals surface area contributed by atoms with Crippen molar-refractivity contribution in [3.05, 3.63) is 0 Å². The Bertz CT molecular complexity index is 1270. The Kier molecular flexibility index (Phi) is 6.33. The molecule has 6 heteroatoms. The van der Waals surface area contributed by atoms with Gasteiger partial charge in [-0.2, -0.15) is 0 Å². The molecule has 1 saturated heterocycles. The number of aliphatic hydroxyl groups is 1. The second-order valence-electron chi connectivity index (χ2n) is 19.3. The molecule has 10 aliphatic rings. The summed E-state index contributed by atoms with van der Waals surface area (Å²) in [7, 11) is 0. The third-order valence-corrected chi connectivity index (χ3v) is 17.1. The maximum Gasteiger partial charge on any atom is 0.318 e. The monoisotopic (exact) mass is 620 g/mol. The van der Waals surface area contributed by atoms with Crippen molar-refractivity contribution in [2.24, 2.45) is 100 Å². The van der Waals surface area contributed by atoms with Gasteiger partial charge in [-0.05, 0) is 181 Å². The van der Waals surface area contributed by atoms with E-state index in [4.69, 9.17) is 9.47 Å². The van der Waals surface area contributed by atoms with E-state index in [1.807, 2.05) is 13.8 Å². The molecule has 10 fully saturated rings. The Morgan fingerprint density at radius 3 is 2.13 bits per heavy atom. The molecule has 0 aromatic heterocycles. The maximum absolute atomic E-state index is 14.4. The fourth-order valence-corrected chi connectivity index (χ4v) is 15.6. The van der Waals surface area contributed by atoms with E-state index in [1.165, 1.54) is 25.7 Å². The van der Waals surface area contributed by atoms with Crippen LogP contribution in [0.3, 0.4) is 0 Å². The number of carbonyl (C=O) groups excluding carboxylic acids is 3. The second kappa shape index (κ2) is 9.59. The quantitative estimate of drug-likeness (QED) is 0.268. The highest BCUT2D eigenvalue weighted by Gasteiger charge is 2.70. The average Bonchev–Trinajstić information content (AvgIpc) is 3.77. The molecule has 1 N–H and O–H groups in total. The molecular weight excluding hydrogens is 564 g/mol. The number of rotatable bonds is 5. The van der Waals surface area contributed by atoms with Gasteiger partial charge in [0.05, 0.1) is 22.9 Å². The van der Waals surface area contributed by atoms with Crippen LogP contribution in [0.5, 0.6) is 0 Å². The molecule has 13 atom stereocenters. The van der Waals surface area contributed by atoms with Gasteiger partial charge in [-0.1, -0.05) is 13.3 Å². The van der Waals surface area contributed by atoms with Crippen molar-refractivity contribution in [2.75, 3.05) is 0 Å². The number of hydrogen-bond donors (Lipinski definition) is 1. The van der Waals surface area contributed by atoms with Crippen molar-refractivity contribution >= 4 is 17.9 Å². The molecule has 9 aliphatic carbocycles. The number of esters is 3. The highest BCUT2D eigenvalue weighted by molar-refractivity contribution is 6.00. The number of hydrogen-bond acceptors (Lipinski definition) is 6. The Balaban J connectivity index is 1.02. The molecule has 1 aliphatic heterocycles. The van der Waals surface area contributed by atoms with Gasteiger partial charge in [-0.3, -0.25) is 14.4 Å². The smallest absolute Gasteiger partial charge is 0.318 e. The molecule has 8 bridgehead atoms. The third-order valence-electron chi connectivity index (χ3n) is 17.1. The van der Waals surface area contributed by atoms with Gasteiger partial charge in [0.1, 0.15) is 5.60 Å². The van der Waals surface area contributed by atoms with Crippen molar-refractivity contribution in [3.8, 4) is 0 Å². The molecule has 45 heavy (non-hydrogen) atoms. The predicted molar refractivity (Wildman–Crippen MR) is 167 cm³/mol. The minimum absolute atomic E-state index is 0.0651. The van der Waals surface area contributed by atoms with Crippen LogP contribution in [-0.4, -0.2) is 34.2 Å². The van der Waals surface area contributed by atoms with E-state index in [1.54, 1.807) is 0 Å². The Hall–Kier alpha value is -1.43. The second-order valence-corrected chi connectivity index (χ2v) is 19.3. The summed E-state index contributed by atoms with van der Waals surface area (Å²) in [6, 6.07) is 0. The van der Waals surface area contributed by atoms with E-state index in [0.717, 1.165) is 63.2 Å². The fourth-order valence-electron chi connectivity index (χ4n) is 15.6. The summed E-state index contributed by atoms with van der Waals surface area (Å²) < 4.78 is 12.2. The first-order valence-corrected chi connectivity index (χ1v) is 19.0. The lowest BCUT2D eigenvalue weighted by Gasteiger charge is -2.59. The molecule has 0 aromatic rings. The zero-order valence-electron chi connectivity index (χ0n) is 28.2. The average molecular weight is 621 g/mol. The first kappa shape index (κ1) is 29.7. The largest absolute Gasteiger partial charge is 0.458 e. The molecule has 10 rings (SSSR count). The van der Waals surface area contributed by atoms with E-state index in [0.29, 0.717) is 65.1 Å². The van der Waals surface area contributed by atoms with Crippen LogP contribution >= 0.6 is 0 Å². The summed E-state index contributed by atoms with van der Waals surface area (Å²) in [6.45, 7) is 10.4. The summed E-state index contributed by atoms with van der Waals surface area (Å²) in [4.78, 5) is 42.0. The van der Waals surface area contributed by atoms with Crippen molar-refractivity contribution in [3.63, 3.8) is 0 Å². The molecule has 6 nitrogen and oxygen atoms in total. The number of carbonyl (C=O) groups is 3. The Morgan fingerprint density at radius 1 is 0.822 bits per heavy atom. The molecule has 13 unspecified atom stereocenters. The first-order valence-electron chi connectivity index (χ1n) is 19.0. The van der Waals surface area contributed by atoms with Crippen molar-refractivity contribution < 1.29 is 29.0 Å². The first-order chi connectivity index (χ1) is 21.3. The fraction of sp³-hybridized carbons (Fsp3) is 0.923. The zero-order valence-corrected chi connectivity index (χ0v) is 28.2. The standard InChI is InChI=1S/C39H56O6/c1-18-26-17-27(32-25(26)7-6-10-38(32,4)43)28(18)29-21-8-9-22(16-21)30(29)31-33(35(41)44-34(31)40)37(2,3)36(42)45-39(5)23-12-19-11-20(14-23)15-24(39)13-19/h18-33,43H,6-17H2,1-5H3. The summed E-state index contributed by atoms with van der Waals surface area (Å²) in [5, 5.41) is 11.7. The topological polar surface area (TPSA) is 89.9 Å². The van der Waals surface area contributed by atoms with Crippen LogP contribution in [0.2, 0.25) is 0 Å². The highest BCUT2D eigenvalue weighted by Crippen LogP contribution is 2.71. The predicted octanol–water partition coefficient (Wildman–Crippen LogP) is 6.82. The van der Waals surface area contributed by atoms with Gasteiger partial charge in [0.2, 0.25) is 0 Å². The van der Waals surface area contributed by atoms with E-state index in [-0.39, 0.29) is 11.9 Å². The van der Waals surface area contributed by atoms with Gasteiger partial charge in [0, 0.05) is 0 Å². The normalized spacial score (nSPS) is 57.5. The molecular formula is C39H56O6. The van der Waals surface area contributed by atoms with E-state index in [2.05, 4.69) is 20.8 Å². The van der Waals surface area contributed by atoms with Crippen LogP contribution in [0, 0.1) is 100 Å². The molecule has 0 aromatic carbocycles. The number of ether oxygens (including phenoxy) is 2. The number of fused-ring (bicyclic) bond motifs is 7. The minimum atomic E-state index is -1.14. The molecule has 1 heterocycles. The zero-order chi connectivity index (χ0) is 31.4. The van der Waals surface area contributed by atoms with Crippen LogP contribution in [0.4, 0.5) is 0 Å². The van der Waals surface area contributed by atoms with Gasteiger partial charge in [-0.15, -0.1) is 0 Å². The minimum Gasteiger partial charge on any atom is -0.458 e. The van der Waals surface area contributed by atoms with Gasteiger partial charge >= 0.3 is 17.9 Å². The van der Waals surface area contributed by atoms with Crippen LogP contribution in [0.1, 0.15) is 112 Å². The maximum atomic E-state index is 14.4. The van der Waals surface area contributed by atoms with Gasteiger partial charge < -0.3 is 14.6 Å². The lowest BCUT2D eigenvalue weighted by molar-refractivity contribution is -0.214. The molecule has 9 saturated carbocycles. The Labute approximate surface area is 269 Å². The van der Waals surface area contributed by atoms with Gasteiger partial charge in [0.25, 0.3) is 0 Å². The van der Waals surface area contributed by atoms with Crippen LogP contribution in [-0.2, 0) is 23.9 Å². The van der Waals surface area contributed by atoms with Crippen LogP contribution in [0.25, 0.3) is 0 Å². The molecule has 0 spiro atoms. The van der Waals surface area contributed by atoms with Gasteiger partial charge in [0.15, 0.2) is 0 Å². The number of cyclic esters (lactones) is 2. The molecule has 0 radical (unpaired) electrons. The third kappa shape index (κ3) is 3.93. The van der Waals surface area contributed by atoms with Crippen molar-refractivity contribution in [1.29, 1.82) is 0 Å².